The number of imidazole rings is 1. The average Bonchev–Trinajstić information content (AvgIpc) is 3.31. The third-order valence-corrected chi connectivity index (χ3v) is 7.81. The van der Waals surface area contributed by atoms with Crippen LogP contribution < -0.4 is 10.6 Å². The van der Waals surface area contributed by atoms with Crippen LogP contribution in [0.25, 0.3) is 11.0 Å². The zero-order chi connectivity index (χ0) is 27.5. The summed E-state index contributed by atoms with van der Waals surface area (Å²) >= 11 is 0. The number of carbonyl (C=O) groups is 1. The monoisotopic (exact) mass is 532 g/mol. The second-order valence-corrected chi connectivity index (χ2v) is 10.9. The number of benzene rings is 2. The Morgan fingerprint density at radius 2 is 1.64 bits per heavy atom. The number of anilines is 2. The highest BCUT2D eigenvalue weighted by Gasteiger charge is 2.15. The number of hydrogen-bond donors (Lipinski definition) is 2. The molecule has 1 fully saturated rings. The largest absolute Gasteiger partial charge is 0.355 e. The highest BCUT2D eigenvalue weighted by atomic mass is 16.1. The smallest absolute Gasteiger partial charge is 0.251 e. The SMILES string of the molecule is CCCCN(CCCC)Cc1ccc2nc(Nc3ccc(C(=O)NC)cc3)n(CCCN3CCCCC3)c2c1. The van der Waals surface area contributed by atoms with Gasteiger partial charge in [-0.3, -0.25) is 9.69 Å². The number of nitrogens with one attached hydrogen (secondary N) is 2. The maximum absolute atomic E-state index is 12.0. The van der Waals surface area contributed by atoms with Crippen molar-refractivity contribution < 1.29 is 4.79 Å². The lowest BCUT2D eigenvalue weighted by atomic mass is 10.1. The number of aryl methyl sites for hydroxylation is 1. The van der Waals surface area contributed by atoms with Gasteiger partial charge in [0.25, 0.3) is 5.91 Å². The number of fused-ring (bicyclic) bond motifs is 1. The summed E-state index contributed by atoms with van der Waals surface area (Å²) in [5.41, 5.74) is 5.16. The minimum absolute atomic E-state index is 0.0778. The molecule has 1 aromatic heterocycles. The van der Waals surface area contributed by atoms with Crippen LogP contribution in [0.4, 0.5) is 11.6 Å². The van der Waals surface area contributed by atoms with Crippen molar-refractivity contribution in [2.45, 2.75) is 78.3 Å². The van der Waals surface area contributed by atoms with Crippen molar-refractivity contribution in [2.75, 3.05) is 45.1 Å². The highest BCUT2D eigenvalue weighted by molar-refractivity contribution is 5.94. The lowest BCUT2D eigenvalue weighted by molar-refractivity contribution is 0.0963. The average molecular weight is 533 g/mol. The number of rotatable bonds is 15. The molecule has 7 nitrogen and oxygen atoms in total. The number of likely N-dealkylation sites (tertiary alicyclic amines) is 1. The van der Waals surface area contributed by atoms with Gasteiger partial charge in [-0.05, 0) is 107 Å². The molecule has 212 valence electrons. The second-order valence-electron chi connectivity index (χ2n) is 10.9. The molecule has 2 heterocycles. The summed E-state index contributed by atoms with van der Waals surface area (Å²) in [5, 5.41) is 6.23. The molecule has 1 saturated heterocycles. The Kier molecular flexibility index (Phi) is 11.2. The first-order chi connectivity index (χ1) is 19.1. The molecule has 0 atom stereocenters. The van der Waals surface area contributed by atoms with Gasteiger partial charge in [-0.2, -0.15) is 0 Å². The molecular weight excluding hydrogens is 484 g/mol. The van der Waals surface area contributed by atoms with Gasteiger partial charge in [0.05, 0.1) is 11.0 Å². The molecule has 0 aliphatic carbocycles. The first-order valence-electron chi connectivity index (χ1n) is 15.1. The van der Waals surface area contributed by atoms with Gasteiger partial charge in [-0.1, -0.05) is 39.2 Å². The van der Waals surface area contributed by atoms with Crippen LogP contribution in [0.2, 0.25) is 0 Å². The molecule has 4 rings (SSSR count). The number of amides is 1. The standard InChI is InChI=1S/C32H48N6O/c1-4-6-18-37(19-7-5-2)25-26-12-17-29-30(24-26)38(23-11-22-36-20-9-8-10-21-36)32(35-29)34-28-15-13-27(14-16-28)31(39)33-3/h12-17,24H,4-11,18-23,25H2,1-3H3,(H,33,39)(H,34,35). The molecule has 2 aromatic carbocycles. The summed E-state index contributed by atoms with van der Waals surface area (Å²) in [6.45, 7) is 12.3. The minimum Gasteiger partial charge on any atom is -0.355 e. The molecule has 3 aromatic rings. The second kappa shape index (κ2) is 15.0. The fourth-order valence-corrected chi connectivity index (χ4v) is 5.49. The van der Waals surface area contributed by atoms with Gasteiger partial charge in [0.1, 0.15) is 0 Å². The van der Waals surface area contributed by atoms with E-state index in [0.717, 1.165) is 56.3 Å². The quantitative estimate of drug-likeness (QED) is 0.237. The molecule has 2 N–H and O–H groups in total. The summed E-state index contributed by atoms with van der Waals surface area (Å²) in [5.74, 6) is 0.785. The van der Waals surface area contributed by atoms with E-state index < -0.39 is 0 Å². The van der Waals surface area contributed by atoms with Crippen LogP contribution >= 0.6 is 0 Å². The third kappa shape index (κ3) is 8.29. The molecule has 0 radical (unpaired) electrons. The van der Waals surface area contributed by atoms with Crippen LogP contribution in [0.15, 0.2) is 42.5 Å². The Morgan fingerprint density at radius 1 is 0.923 bits per heavy atom. The van der Waals surface area contributed by atoms with E-state index >= 15 is 0 Å². The Hall–Kier alpha value is -2.90. The van der Waals surface area contributed by atoms with E-state index in [4.69, 9.17) is 4.98 Å². The van der Waals surface area contributed by atoms with Crippen LogP contribution in [0.1, 0.15) is 81.1 Å². The molecule has 1 aliphatic heterocycles. The number of carbonyl (C=O) groups excluding carboxylic acids is 1. The third-order valence-electron chi connectivity index (χ3n) is 7.81. The first-order valence-corrected chi connectivity index (χ1v) is 15.1. The number of aromatic nitrogens is 2. The van der Waals surface area contributed by atoms with Crippen molar-refractivity contribution in [3.63, 3.8) is 0 Å². The van der Waals surface area contributed by atoms with E-state index in [1.165, 1.54) is 69.1 Å². The van der Waals surface area contributed by atoms with Crippen LogP contribution in [0, 0.1) is 0 Å². The number of unbranched alkanes of at least 4 members (excludes halogenated alkanes) is 2. The van der Waals surface area contributed by atoms with Gasteiger partial charge in [0, 0.05) is 31.4 Å². The number of hydrogen-bond acceptors (Lipinski definition) is 5. The lowest BCUT2D eigenvalue weighted by Crippen LogP contribution is -2.31. The Morgan fingerprint density at radius 3 is 2.31 bits per heavy atom. The Labute approximate surface area is 235 Å². The summed E-state index contributed by atoms with van der Waals surface area (Å²) in [4.78, 5) is 22.2. The summed E-state index contributed by atoms with van der Waals surface area (Å²) < 4.78 is 2.36. The summed E-state index contributed by atoms with van der Waals surface area (Å²) in [7, 11) is 1.65. The predicted octanol–water partition coefficient (Wildman–Crippen LogP) is 6.42. The van der Waals surface area contributed by atoms with E-state index in [-0.39, 0.29) is 5.91 Å². The van der Waals surface area contributed by atoms with E-state index in [1.54, 1.807) is 7.05 Å². The van der Waals surface area contributed by atoms with Crippen molar-refractivity contribution >= 4 is 28.6 Å². The van der Waals surface area contributed by atoms with Crippen LogP contribution in [0.3, 0.4) is 0 Å². The van der Waals surface area contributed by atoms with Gasteiger partial charge in [-0.25, -0.2) is 4.98 Å². The predicted molar refractivity (Wildman–Crippen MR) is 163 cm³/mol. The lowest BCUT2D eigenvalue weighted by Gasteiger charge is -2.26. The highest BCUT2D eigenvalue weighted by Crippen LogP contribution is 2.26. The van der Waals surface area contributed by atoms with Gasteiger partial charge < -0.3 is 20.1 Å². The fourth-order valence-electron chi connectivity index (χ4n) is 5.49. The van der Waals surface area contributed by atoms with Crippen molar-refractivity contribution in [3.8, 4) is 0 Å². The van der Waals surface area contributed by atoms with E-state index in [0.29, 0.717) is 5.56 Å². The van der Waals surface area contributed by atoms with Crippen molar-refractivity contribution in [3.05, 3.63) is 53.6 Å². The number of piperidine rings is 1. The van der Waals surface area contributed by atoms with E-state index in [1.807, 2.05) is 24.3 Å². The fraction of sp³-hybridized carbons (Fsp3) is 0.562. The van der Waals surface area contributed by atoms with Gasteiger partial charge in [-0.15, -0.1) is 0 Å². The molecule has 1 amide bonds. The summed E-state index contributed by atoms with van der Waals surface area (Å²) in [6.07, 6.45) is 10.0. The molecule has 1 aliphatic rings. The maximum Gasteiger partial charge on any atom is 0.251 e. The van der Waals surface area contributed by atoms with Crippen LogP contribution in [-0.4, -0.2) is 65.0 Å². The van der Waals surface area contributed by atoms with Crippen LogP contribution in [-0.2, 0) is 13.1 Å². The van der Waals surface area contributed by atoms with Gasteiger partial charge in [0.15, 0.2) is 0 Å². The van der Waals surface area contributed by atoms with E-state index in [9.17, 15) is 4.79 Å². The Bertz CT molecular complexity index is 1160. The molecule has 0 saturated carbocycles. The Balaban J connectivity index is 1.57. The molecule has 0 bridgehead atoms. The van der Waals surface area contributed by atoms with Crippen LogP contribution in [0.5, 0.6) is 0 Å². The zero-order valence-electron chi connectivity index (χ0n) is 24.3. The molecule has 39 heavy (non-hydrogen) atoms. The van der Waals surface area contributed by atoms with Crippen molar-refractivity contribution in [1.29, 1.82) is 0 Å². The summed E-state index contributed by atoms with van der Waals surface area (Å²) in [6, 6.07) is 14.4. The minimum atomic E-state index is -0.0778. The van der Waals surface area contributed by atoms with E-state index in [2.05, 4.69) is 57.0 Å². The molecule has 7 heteroatoms. The van der Waals surface area contributed by atoms with Crippen molar-refractivity contribution in [2.24, 2.45) is 0 Å². The first kappa shape index (κ1) is 29.1. The zero-order valence-corrected chi connectivity index (χ0v) is 24.3. The number of nitrogens with zero attached hydrogens (tertiary/aromatic N) is 4. The molecule has 0 spiro atoms. The van der Waals surface area contributed by atoms with Gasteiger partial charge in [0.2, 0.25) is 5.95 Å². The molecule has 0 unspecified atom stereocenters. The normalized spacial score (nSPS) is 14.3. The van der Waals surface area contributed by atoms with Crippen molar-refractivity contribution in [1.82, 2.24) is 24.7 Å². The molecular formula is C32H48N6O. The topological polar surface area (TPSA) is 65.4 Å². The van der Waals surface area contributed by atoms with Gasteiger partial charge >= 0.3 is 0 Å². The maximum atomic E-state index is 12.0.